The number of carboxylic acids is 1. The molecule has 4 nitrogen and oxygen atoms in total. The van der Waals surface area contributed by atoms with Crippen LogP contribution in [0.5, 0.6) is 0 Å². The maximum Gasteiger partial charge on any atom is 0.306 e. The van der Waals surface area contributed by atoms with Crippen LogP contribution in [0.4, 0.5) is 0 Å². The lowest BCUT2D eigenvalue weighted by Crippen LogP contribution is -2.34. The minimum Gasteiger partial charge on any atom is -0.481 e. The van der Waals surface area contributed by atoms with Crippen LogP contribution in [0.3, 0.4) is 0 Å². The summed E-state index contributed by atoms with van der Waals surface area (Å²) in [6, 6.07) is 7.65. The van der Waals surface area contributed by atoms with Gasteiger partial charge in [-0.15, -0.1) is 0 Å². The number of hydrogen-bond donors (Lipinski definition) is 2. The minimum atomic E-state index is -0.753. The molecule has 2 N–H and O–H groups in total. The van der Waals surface area contributed by atoms with E-state index in [4.69, 9.17) is 16.7 Å². The SMILES string of the molecule is O=C(O)[C@@H]1CC[C@H](NC(=O)[C@H]2C[C@@H]2c2ccc(Cl)cc2)C1. The highest BCUT2D eigenvalue weighted by Gasteiger charge is 2.44. The van der Waals surface area contributed by atoms with Gasteiger partial charge in [-0.3, -0.25) is 9.59 Å². The Hall–Kier alpha value is -1.55. The van der Waals surface area contributed by atoms with Crippen molar-refractivity contribution in [2.75, 3.05) is 0 Å². The Morgan fingerprint density at radius 3 is 2.48 bits per heavy atom. The van der Waals surface area contributed by atoms with E-state index < -0.39 is 5.97 Å². The molecule has 0 unspecified atom stereocenters. The van der Waals surface area contributed by atoms with Crippen molar-refractivity contribution in [3.8, 4) is 0 Å². The Kier molecular flexibility index (Phi) is 3.89. The first kappa shape index (κ1) is 14.4. The molecule has 1 amide bonds. The number of benzene rings is 1. The number of carbonyl (C=O) groups is 2. The van der Waals surface area contributed by atoms with Gasteiger partial charge in [0.25, 0.3) is 0 Å². The third-order valence-corrected chi connectivity index (χ3v) is 4.81. The van der Waals surface area contributed by atoms with Crippen molar-refractivity contribution < 1.29 is 14.7 Å². The molecule has 1 aromatic rings. The molecule has 21 heavy (non-hydrogen) atoms. The largest absolute Gasteiger partial charge is 0.481 e. The summed E-state index contributed by atoms with van der Waals surface area (Å²) >= 11 is 5.86. The second-order valence-corrected chi connectivity index (χ2v) is 6.49. The van der Waals surface area contributed by atoms with E-state index in [2.05, 4.69) is 5.32 Å². The quantitative estimate of drug-likeness (QED) is 0.899. The number of carboxylic acid groups (broad SMARTS) is 1. The zero-order valence-corrected chi connectivity index (χ0v) is 12.3. The lowest BCUT2D eigenvalue weighted by Gasteiger charge is -2.12. The molecule has 2 aliphatic carbocycles. The van der Waals surface area contributed by atoms with Crippen LogP contribution in [-0.4, -0.2) is 23.0 Å². The predicted molar refractivity (Wildman–Crippen MR) is 79.2 cm³/mol. The number of halogens is 1. The van der Waals surface area contributed by atoms with E-state index in [9.17, 15) is 9.59 Å². The molecule has 2 fully saturated rings. The highest BCUT2D eigenvalue weighted by Crippen LogP contribution is 2.47. The van der Waals surface area contributed by atoms with E-state index in [0.29, 0.717) is 17.9 Å². The Balaban J connectivity index is 1.52. The average Bonchev–Trinajstić information content (AvgIpc) is 3.11. The summed E-state index contributed by atoms with van der Waals surface area (Å²) in [5.74, 6) is -0.696. The Morgan fingerprint density at radius 2 is 1.86 bits per heavy atom. The molecular formula is C16H18ClNO3. The lowest BCUT2D eigenvalue weighted by atomic mass is 10.1. The van der Waals surface area contributed by atoms with Gasteiger partial charge in [-0.1, -0.05) is 23.7 Å². The van der Waals surface area contributed by atoms with Gasteiger partial charge in [-0.25, -0.2) is 0 Å². The van der Waals surface area contributed by atoms with Crippen LogP contribution in [0.2, 0.25) is 5.02 Å². The van der Waals surface area contributed by atoms with Gasteiger partial charge in [0.1, 0.15) is 0 Å². The summed E-state index contributed by atoms with van der Waals surface area (Å²) in [7, 11) is 0. The van der Waals surface area contributed by atoms with Crippen molar-refractivity contribution in [2.24, 2.45) is 11.8 Å². The number of amides is 1. The van der Waals surface area contributed by atoms with E-state index in [1.807, 2.05) is 24.3 Å². The van der Waals surface area contributed by atoms with E-state index in [0.717, 1.165) is 18.4 Å². The van der Waals surface area contributed by atoms with Gasteiger partial charge in [0.2, 0.25) is 5.91 Å². The van der Waals surface area contributed by atoms with Crippen LogP contribution >= 0.6 is 11.6 Å². The van der Waals surface area contributed by atoms with Crippen molar-refractivity contribution in [2.45, 2.75) is 37.6 Å². The van der Waals surface area contributed by atoms with E-state index in [1.54, 1.807) is 0 Å². The zero-order chi connectivity index (χ0) is 15.0. The van der Waals surface area contributed by atoms with Crippen molar-refractivity contribution in [3.63, 3.8) is 0 Å². The van der Waals surface area contributed by atoms with Gasteiger partial charge >= 0.3 is 5.97 Å². The van der Waals surface area contributed by atoms with Crippen molar-refractivity contribution in [1.82, 2.24) is 5.32 Å². The van der Waals surface area contributed by atoms with Crippen LogP contribution in [0, 0.1) is 11.8 Å². The van der Waals surface area contributed by atoms with Gasteiger partial charge in [0, 0.05) is 17.0 Å². The average molecular weight is 308 g/mol. The fourth-order valence-electron chi connectivity index (χ4n) is 3.21. The molecule has 4 atom stereocenters. The van der Waals surface area contributed by atoms with Crippen molar-refractivity contribution in [3.05, 3.63) is 34.9 Å². The van der Waals surface area contributed by atoms with E-state index in [1.165, 1.54) is 0 Å². The topological polar surface area (TPSA) is 66.4 Å². The van der Waals surface area contributed by atoms with E-state index in [-0.39, 0.29) is 29.7 Å². The molecule has 0 heterocycles. The highest BCUT2D eigenvalue weighted by molar-refractivity contribution is 6.30. The van der Waals surface area contributed by atoms with Crippen molar-refractivity contribution >= 4 is 23.5 Å². The summed E-state index contributed by atoms with van der Waals surface area (Å²) in [5.41, 5.74) is 1.15. The Bertz CT molecular complexity index is 557. The second kappa shape index (κ2) is 5.68. The molecule has 0 radical (unpaired) electrons. The van der Waals surface area contributed by atoms with Crippen LogP contribution < -0.4 is 5.32 Å². The summed E-state index contributed by atoms with van der Waals surface area (Å²) < 4.78 is 0. The second-order valence-electron chi connectivity index (χ2n) is 6.05. The van der Waals surface area contributed by atoms with Gasteiger partial charge in [-0.2, -0.15) is 0 Å². The molecule has 0 aliphatic heterocycles. The molecule has 112 valence electrons. The molecule has 3 rings (SSSR count). The first-order chi connectivity index (χ1) is 10.0. The van der Waals surface area contributed by atoms with Gasteiger partial charge < -0.3 is 10.4 Å². The van der Waals surface area contributed by atoms with E-state index >= 15 is 0 Å². The standard InChI is InChI=1S/C16H18ClNO3/c17-11-4-1-9(2-5-11)13-8-14(13)15(19)18-12-6-3-10(7-12)16(20)21/h1-2,4-5,10,12-14H,3,6-8H2,(H,18,19)(H,20,21)/t10-,12+,13-,14+/m1/s1. The van der Waals surface area contributed by atoms with Crippen LogP contribution in [0.15, 0.2) is 24.3 Å². The molecule has 1 aromatic carbocycles. The van der Waals surface area contributed by atoms with Crippen LogP contribution in [0.1, 0.15) is 37.2 Å². The maximum atomic E-state index is 12.2. The number of nitrogens with one attached hydrogen (secondary N) is 1. The Morgan fingerprint density at radius 1 is 1.14 bits per heavy atom. The summed E-state index contributed by atoms with van der Waals surface area (Å²) in [4.78, 5) is 23.1. The Labute approximate surface area is 128 Å². The normalized spacial score (nSPS) is 30.9. The maximum absolute atomic E-state index is 12.2. The molecule has 0 bridgehead atoms. The molecule has 5 heteroatoms. The minimum absolute atomic E-state index is 0.0186. The number of hydrogen-bond acceptors (Lipinski definition) is 2. The summed E-state index contributed by atoms with van der Waals surface area (Å²) in [5, 5.41) is 12.7. The number of aliphatic carboxylic acids is 1. The predicted octanol–water partition coefficient (Wildman–Crippen LogP) is 2.81. The third kappa shape index (κ3) is 3.21. The lowest BCUT2D eigenvalue weighted by molar-refractivity contribution is -0.141. The molecule has 2 aliphatic rings. The fraction of sp³-hybridized carbons (Fsp3) is 0.500. The monoisotopic (exact) mass is 307 g/mol. The molecule has 0 saturated heterocycles. The van der Waals surface area contributed by atoms with Crippen molar-refractivity contribution in [1.29, 1.82) is 0 Å². The third-order valence-electron chi connectivity index (χ3n) is 4.55. The molecular weight excluding hydrogens is 290 g/mol. The first-order valence-electron chi connectivity index (χ1n) is 7.33. The highest BCUT2D eigenvalue weighted by atomic mass is 35.5. The van der Waals surface area contributed by atoms with Gasteiger partial charge in [-0.05, 0) is 49.3 Å². The molecule has 2 saturated carbocycles. The fourth-order valence-corrected chi connectivity index (χ4v) is 3.33. The van der Waals surface area contributed by atoms with Gasteiger partial charge in [0.15, 0.2) is 0 Å². The van der Waals surface area contributed by atoms with Gasteiger partial charge in [0.05, 0.1) is 5.92 Å². The number of carbonyl (C=O) groups excluding carboxylic acids is 1. The molecule has 0 aromatic heterocycles. The zero-order valence-electron chi connectivity index (χ0n) is 11.6. The van der Waals surface area contributed by atoms with Crippen LogP contribution in [-0.2, 0) is 9.59 Å². The first-order valence-corrected chi connectivity index (χ1v) is 7.71. The smallest absolute Gasteiger partial charge is 0.306 e. The summed E-state index contributed by atoms with van der Waals surface area (Å²) in [6.45, 7) is 0. The van der Waals surface area contributed by atoms with Crippen LogP contribution in [0.25, 0.3) is 0 Å². The molecule has 0 spiro atoms. The number of rotatable bonds is 4. The summed E-state index contributed by atoms with van der Waals surface area (Å²) in [6.07, 6.45) is 2.84.